The van der Waals surface area contributed by atoms with Gasteiger partial charge in [0.05, 0.1) is 0 Å². The fourth-order valence-corrected chi connectivity index (χ4v) is 3.16. The summed E-state index contributed by atoms with van der Waals surface area (Å²) in [6.45, 7) is 7.84. The Morgan fingerprint density at radius 3 is 2.52 bits per heavy atom. The summed E-state index contributed by atoms with van der Waals surface area (Å²) in [6.07, 6.45) is 2.28. The third kappa shape index (κ3) is 3.17. The van der Waals surface area contributed by atoms with Crippen LogP contribution in [0.3, 0.4) is 0 Å². The van der Waals surface area contributed by atoms with Gasteiger partial charge < -0.3 is 0 Å². The van der Waals surface area contributed by atoms with E-state index in [1.165, 1.54) is 4.90 Å². The molecular weight excluding hydrogens is 262 g/mol. The van der Waals surface area contributed by atoms with Crippen molar-refractivity contribution < 1.29 is 9.59 Å². The molecule has 0 spiro atoms. The fraction of sp³-hybridized carbons (Fsp3) is 0.556. The first-order valence-corrected chi connectivity index (χ1v) is 7.78. The van der Waals surface area contributed by atoms with Gasteiger partial charge in [0.2, 0.25) is 11.8 Å². The monoisotopic (exact) mass is 287 g/mol. The Kier molecular flexibility index (Phi) is 4.50. The van der Waals surface area contributed by atoms with Gasteiger partial charge in [-0.15, -0.1) is 0 Å². The molecule has 0 radical (unpaired) electrons. The minimum atomic E-state index is -0.414. The summed E-state index contributed by atoms with van der Waals surface area (Å²) in [5, 5.41) is 0. The maximum atomic E-state index is 12.7. The van der Waals surface area contributed by atoms with E-state index in [1.807, 2.05) is 58.0 Å². The van der Waals surface area contributed by atoms with Crippen molar-refractivity contribution in [2.45, 2.75) is 53.0 Å². The zero-order valence-electron chi connectivity index (χ0n) is 13.4. The van der Waals surface area contributed by atoms with E-state index in [0.717, 1.165) is 18.4 Å². The molecule has 1 fully saturated rings. The number of hydrogen-bond donors (Lipinski definition) is 0. The molecule has 0 N–H and O–H groups in total. The van der Waals surface area contributed by atoms with E-state index in [9.17, 15) is 9.59 Å². The smallest absolute Gasteiger partial charge is 0.235 e. The Balaban J connectivity index is 2.13. The highest BCUT2D eigenvalue weighted by molar-refractivity contribution is 6.00. The molecule has 0 saturated carbocycles. The van der Waals surface area contributed by atoms with Crippen LogP contribution in [0.4, 0.5) is 0 Å². The second-order valence-corrected chi connectivity index (χ2v) is 6.75. The van der Waals surface area contributed by atoms with Crippen LogP contribution >= 0.6 is 0 Å². The van der Waals surface area contributed by atoms with E-state index in [-0.39, 0.29) is 23.8 Å². The number of carbonyl (C=O) groups excluding carboxylic acids is 2. The van der Waals surface area contributed by atoms with Crippen LogP contribution in [0.2, 0.25) is 0 Å². The number of benzene rings is 1. The first kappa shape index (κ1) is 15.7. The third-order valence-electron chi connectivity index (χ3n) is 4.42. The molecule has 2 amide bonds. The second-order valence-electron chi connectivity index (χ2n) is 6.75. The molecule has 2 atom stereocenters. The average molecular weight is 287 g/mol. The highest BCUT2D eigenvalue weighted by Gasteiger charge is 2.47. The molecule has 0 bridgehead atoms. The van der Waals surface area contributed by atoms with Crippen LogP contribution in [-0.4, -0.2) is 22.8 Å². The number of carbonyl (C=O) groups is 2. The zero-order chi connectivity index (χ0) is 15.6. The third-order valence-corrected chi connectivity index (χ3v) is 4.42. The summed E-state index contributed by atoms with van der Waals surface area (Å²) in [4.78, 5) is 26.8. The molecule has 21 heavy (non-hydrogen) atoms. The molecule has 1 aliphatic rings. The summed E-state index contributed by atoms with van der Waals surface area (Å²) in [7, 11) is 0. The average Bonchev–Trinajstić information content (AvgIpc) is 2.69. The van der Waals surface area contributed by atoms with E-state index in [2.05, 4.69) is 0 Å². The predicted molar refractivity (Wildman–Crippen MR) is 83.6 cm³/mol. The minimum Gasteiger partial charge on any atom is -0.279 e. The normalized spacial score (nSPS) is 22.4. The summed E-state index contributed by atoms with van der Waals surface area (Å²) in [6, 6.07) is 10.0. The van der Waals surface area contributed by atoms with Gasteiger partial charge in [-0.1, -0.05) is 58.0 Å². The first-order chi connectivity index (χ1) is 9.86. The predicted octanol–water partition coefficient (Wildman–Crippen LogP) is 3.43. The summed E-state index contributed by atoms with van der Waals surface area (Å²) >= 11 is 0. The second kappa shape index (κ2) is 6.00. The molecule has 1 aliphatic heterocycles. The number of imide groups is 1. The van der Waals surface area contributed by atoms with E-state index in [0.29, 0.717) is 6.42 Å². The lowest BCUT2D eigenvalue weighted by atomic mass is 9.89. The van der Waals surface area contributed by atoms with E-state index in [1.54, 1.807) is 0 Å². The van der Waals surface area contributed by atoms with Gasteiger partial charge in [-0.2, -0.15) is 0 Å². The number of rotatable bonds is 4. The molecule has 0 aromatic heterocycles. The largest absolute Gasteiger partial charge is 0.279 e. The van der Waals surface area contributed by atoms with Crippen LogP contribution in [0.5, 0.6) is 0 Å². The Bertz CT molecular complexity index is 521. The summed E-state index contributed by atoms with van der Waals surface area (Å²) in [5.41, 5.74) is 0.723. The molecule has 2 rings (SSSR count). The van der Waals surface area contributed by atoms with Gasteiger partial charge >= 0.3 is 0 Å². The van der Waals surface area contributed by atoms with Gasteiger partial charge in [0, 0.05) is 17.4 Å². The Labute approximate surface area is 127 Å². The maximum absolute atomic E-state index is 12.7. The van der Waals surface area contributed by atoms with Crippen LogP contribution < -0.4 is 0 Å². The topological polar surface area (TPSA) is 37.4 Å². The molecule has 2 unspecified atom stereocenters. The number of likely N-dealkylation sites (tertiary alicyclic amines) is 1. The molecule has 1 saturated heterocycles. The van der Waals surface area contributed by atoms with Crippen LogP contribution in [-0.2, 0) is 16.0 Å². The maximum Gasteiger partial charge on any atom is 0.235 e. The van der Waals surface area contributed by atoms with Crippen molar-refractivity contribution in [3.05, 3.63) is 35.9 Å². The zero-order valence-corrected chi connectivity index (χ0v) is 13.4. The van der Waals surface area contributed by atoms with Crippen molar-refractivity contribution in [3.63, 3.8) is 0 Å². The lowest BCUT2D eigenvalue weighted by Crippen LogP contribution is -2.43. The number of hydrogen-bond acceptors (Lipinski definition) is 2. The Morgan fingerprint density at radius 2 is 1.95 bits per heavy atom. The number of amides is 2. The molecule has 3 nitrogen and oxygen atoms in total. The van der Waals surface area contributed by atoms with Crippen molar-refractivity contribution in [3.8, 4) is 0 Å². The molecule has 3 heteroatoms. The van der Waals surface area contributed by atoms with Gasteiger partial charge in [0.15, 0.2) is 0 Å². The standard InChI is InChI=1S/C18H25NO2/c1-5-15-12-18(3,4)17(21)19(15)16(20)13(2)11-14-9-7-6-8-10-14/h6-10,13,15H,5,11-12H2,1-4H3. The Morgan fingerprint density at radius 1 is 1.33 bits per heavy atom. The van der Waals surface area contributed by atoms with Crippen molar-refractivity contribution >= 4 is 11.8 Å². The molecule has 0 aliphatic carbocycles. The van der Waals surface area contributed by atoms with Crippen LogP contribution in [0.25, 0.3) is 0 Å². The van der Waals surface area contributed by atoms with Crippen molar-refractivity contribution in [2.75, 3.05) is 0 Å². The molecule has 1 aromatic carbocycles. The fourth-order valence-electron chi connectivity index (χ4n) is 3.16. The number of nitrogens with zero attached hydrogens (tertiary/aromatic N) is 1. The van der Waals surface area contributed by atoms with E-state index >= 15 is 0 Å². The van der Waals surface area contributed by atoms with Crippen molar-refractivity contribution in [2.24, 2.45) is 11.3 Å². The van der Waals surface area contributed by atoms with Crippen LogP contribution in [0, 0.1) is 11.3 Å². The van der Waals surface area contributed by atoms with Gasteiger partial charge in [-0.05, 0) is 24.8 Å². The molecule has 1 aromatic rings. The van der Waals surface area contributed by atoms with Gasteiger partial charge in [0.25, 0.3) is 0 Å². The highest BCUT2D eigenvalue weighted by atomic mass is 16.2. The first-order valence-electron chi connectivity index (χ1n) is 7.78. The SMILES string of the molecule is CCC1CC(C)(C)C(=O)N1C(=O)C(C)Cc1ccccc1. The van der Waals surface area contributed by atoms with Gasteiger partial charge in [0.1, 0.15) is 0 Å². The van der Waals surface area contributed by atoms with Crippen LogP contribution in [0.1, 0.15) is 46.1 Å². The van der Waals surface area contributed by atoms with Crippen molar-refractivity contribution in [1.82, 2.24) is 4.90 Å². The van der Waals surface area contributed by atoms with E-state index < -0.39 is 5.41 Å². The quantitative estimate of drug-likeness (QED) is 0.851. The lowest BCUT2D eigenvalue weighted by molar-refractivity contribution is -0.149. The summed E-state index contributed by atoms with van der Waals surface area (Å²) in [5.74, 6) is -0.208. The van der Waals surface area contributed by atoms with Crippen LogP contribution in [0.15, 0.2) is 30.3 Å². The Hall–Kier alpha value is -1.64. The van der Waals surface area contributed by atoms with Gasteiger partial charge in [-0.25, -0.2) is 0 Å². The summed E-state index contributed by atoms with van der Waals surface area (Å²) < 4.78 is 0. The highest BCUT2D eigenvalue weighted by Crippen LogP contribution is 2.37. The lowest BCUT2D eigenvalue weighted by Gasteiger charge is -2.25. The van der Waals surface area contributed by atoms with Gasteiger partial charge in [-0.3, -0.25) is 14.5 Å². The molecular formula is C18H25NO2. The molecule has 114 valence electrons. The van der Waals surface area contributed by atoms with Crippen molar-refractivity contribution in [1.29, 1.82) is 0 Å². The minimum absolute atomic E-state index is 0.0146. The molecule has 1 heterocycles. The van der Waals surface area contributed by atoms with E-state index in [4.69, 9.17) is 0 Å².